The van der Waals surface area contributed by atoms with Gasteiger partial charge in [0.25, 0.3) is 0 Å². The van der Waals surface area contributed by atoms with Gasteiger partial charge in [-0.2, -0.15) is 9.97 Å². The zero-order chi connectivity index (χ0) is 22.4. The summed E-state index contributed by atoms with van der Waals surface area (Å²) in [6.07, 6.45) is 5.51. The molecule has 2 aliphatic rings. The van der Waals surface area contributed by atoms with Crippen LogP contribution in [0.15, 0.2) is 36.4 Å². The van der Waals surface area contributed by atoms with Crippen molar-refractivity contribution in [2.45, 2.75) is 50.5 Å². The lowest BCUT2D eigenvalue weighted by Crippen LogP contribution is -2.45. The van der Waals surface area contributed by atoms with E-state index in [0.717, 1.165) is 45.0 Å². The number of benzene rings is 1. The number of thiocarbonyl (C=S) groups is 1. The minimum Gasteiger partial charge on any atom is -0.481 e. The van der Waals surface area contributed by atoms with Crippen LogP contribution in [0.5, 0.6) is 5.88 Å². The van der Waals surface area contributed by atoms with E-state index in [-0.39, 0.29) is 5.41 Å². The number of nitrogens with zero attached hydrogens (tertiary/aromatic N) is 3. The first-order valence-corrected chi connectivity index (χ1v) is 11.9. The van der Waals surface area contributed by atoms with Crippen LogP contribution < -0.4 is 20.3 Å². The average Bonchev–Trinajstić information content (AvgIpc) is 2.84. The summed E-state index contributed by atoms with van der Waals surface area (Å²) in [6, 6.07) is 13.0. The number of rotatable bonds is 6. The quantitative estimate of drug-likeness (QED) is 0.636. The third-order valence-corrected chi connectivity index (χ3v) is 6.89. The highest BCUT2D eigenvalue weighted by molar-refractivity contribution is 7.80. The first kappa shape index (κ1) is 22.7. The third kappa shape index (κ3) is 5.30. The van der Waals surface area contributed by atoms with E-state index in [1.807, 2.05) is 6.07 Å². The second kappa shape index (κ2) is 10.4. The minimum absolute atomic E-state index is 0.00508. The van der Waals surface area contributed by atoms with Gasteiger partial charge in [0.15, 0.2) is 5.11 Å². The van der Waals surface area contributed by atoms with E-state index in [1.54, 1.807) is 7.11 Å². The van der Waals surface area contributed by atoms with Crippen LogP contribution in [0, 0.1) is 0 Å². The van der Waals surface area contributed by atoms with Gasteiger partial charge in [0.05, 0.1) is 7.11 Å². The molecule has 0 amide bonds. The van der Waals surface area contributed by atoms with Crippen molar-refractivity contribution in [2.75, 3.05) is 43.6 Å². The van der Waals surface area contributed by atoms with Gasteiger partial charge >= 0.3 is 0 Å². The van der Waals surface area contributed by atoms with Gasteiger partial charge in [-0.3, -0.25) is 0 Å². The maximum Gasteiger partial charge on any atom is 0.234 e. The first-order chi connectivity index (χ1) is 15.6. The zero-order valence-electron chi connectivity index (χ0n) is 19.0. The van der Waals surface area contributed by atoms with Gasteiger partial charge in [0.1, 0.15) is 5.82 Å². The second-order valence-electron chi connectivity index (χ2n) is 8.70. The number of methoxy groups -OCH3 is 1. The van der Waals surface area contributed by atoms with Gasteiger partial charge in [-0.05, 0) is 56.8 Å². The molecule has 2 N–H and O–H groups in total. The fourth-order valence-electron chi connectivity index (χ4n) is 4.68. The lowest BCUT2D eigenvalue weighted by Gasteiger charge is -2.38. The molecule has 172 valence electrons. The Balaban J connectivity index is 1.46. The highest BCUT2D eigenvalue weighted by Crippen LogP contribution is 2.34. The Hall–Kier alpha value is -2.45. The molecule has 0 bridgehead atoms. The highest BCUT2D eigenvalue weighted by Gasteiger charge is 2.34. The molecule has 0 saturated carbocycles. The third-order valence-electron chi connectivity index (χ3n) is 6.64. The van der Waals surface area contributed by atoms with E-state index in [0.29, 0.717) is 23.0 Å². The molecule has 2 fully saturated rings. The molecular weight excluding hydrogens is 422 g/mol. The second-order valence-corrected chi connectivity index (χ2v) is 9.10. The van der Waals surface area contributed by atoms with Crippen molar-refractivity contribution >= 4 is 29.1 Å². The molecule has 8 heteroatoms. The summed E-state index contributed by atoms with van der Waals surface area (Å²) in [5.41, 5.74) is 1.31. The number of ether oxygens (including phenoxy) is 2. The molecule has 2 saturated heterocycles. The lowest BCUT2D eigenvalue weighted by atomic mass is 9.74. The molecule has 0 aliphatic carbocycles. The van der Waals surface area contributed by atoms with E-state index in [9.17, 15) is 0 Å². The summed E-state index contributed by atoms with van der Waals surface area (Å²) in [5, 5.41) is 7.11. The van der Waals surface area contributed by atoms with Crippen LogP contribution in [0.2, 0.25) is 0 Å². The van der Waals surface area contributed by atoms with Gasteiger partial charge in [-0.15, -0.1) is 0 Å². The van der Waals surface area contributed by atoms with E-state index < -0.39 is 0 Å². The van der Waals surface area contributed by atoms with Crippen LogP contribution in [0.1, 0.15) is 44.6 Å². The molecule has 4 rings (SSSR count). The molecule has 1 aromatic heterocycles. The average molecular weight is 456 g/mol. The van der Waals surface area contributed by atoms with Crippen molar-refractivity contribution in [1.29, 1.82) is 0 Å². The molecule has 3 heterocycles. The molecule has 1 aromatic carbocycles. The Bertz CT molecular complexity index is 905. The molecule has 32 heavy (non-hydrogen) atoms. The largest absolute Gasteiger partial charge is 0.481 e. The summed E-state index contributed by atoms with van der Waals surface area (Å²) in [7, 11) is 1.63. The fourth-order valence-corrected chi connectivity index (χ4v) is 4.84. The van der Waals surface area contributed by atoms with Gasteiger partial charge < -0.3 is 25.0 Å². The predicted octanol–water partition coefficient (Wildman–Crippen LogP) is 3.90. The molecule has 7 nitrogen and oxygen atoms in total. The van der Waals surface area contributed by atoms with Crippen LogP contribution in [0.25, 0.3) is 0 Å². The van der Waals surface area contributed by atoms with Crippen LogP contribution >= 0.6 is 12.2 Å². The van der Waals surface area contributed by atoms with Crippen molar-refractivity contribution in [3.63, 3.8) is 0 Å². The number of hydrogen-bond acceptors (Lipinski definition) is 6. The van der Waals surface area contributed by atoms with Crippen molar-refractivity contribution < 1.29 is 9.47 Å². The van der Waals surface area contributed by atoms with Crippen LogP contribution in [-0.4, -0.2) is 54.5 Å². The van der Waals surface area contributed by atoms with Crippen molar-refractivity contribution in [3.8, 4) is 5.88 Å². The molecule has 0 radical (unpaired) electrons. The van der Waals surface area contributed by atoms with Crippen molar-refractivity contribution in [3.05, 3.63) is 42.0 Å². The maximum atomic E-state index is 5.64. The standard InChI is InChI=1S/C24H33N5O2S/c1-18-8-6-7-13-29(18)20-16-21(30-2)27-22(26-20)28-23(32)25-17-24(11-14-31-15-12-24)19-9-4-3-5-10-19/h3-5,9-10,16,18H,6-8,11-15,17H2,1-2H3,(H2,25,26,27,28,32)/t18-/m1/s1. The first-order valence-electron chi connectivity index (χ1n) is 11.5. The van der Waals surface area contributed by atoms with E-state index in [4.69, 9.17) is 26.7 Å². The number of piperidine rings is 1. The molecule has 0 unspecified atom stereocenters. The van der Waals surface area contributed by atoms with Crippen molar-refractivity contribution in [1.82, 2.24) is 15.3 Å². The van der Waals surface area contributed by atoms with Crippen LogP contribution in [0.4, 0.5) is 11.8 Å². The fraction of sp³-hybridized carbons (Fsp3) is 0.542. The molecule has 2 aliphatic heterocycles. The lowest BCUT2D eigenvalue weighted by molar-refractivity contribution is 0.0515. The Kier molecular flexibility index (Phi) is 7.42. The number of aromatic nitrogens is 2. The normalized spacial score (nSPS) is 20.4. The van der Waals surface area contributed by atoms with Gasteiger partial charge in [0.2, 0.25) is 11.8 Å². The zero-order valence-corrected chi connectivity index (χ0v) is 19.8. The topological polar surface area (TPSA) is 71.5 Å². The minimum atomic E-state index is -0.00508. The molecular formula is C24H33N5O2S. The summed E-state index contributed by atoms with van der Waals surface area (Å²) in [4.78, 5) is 11.5. The number of nitrogens with one attached hydrogen (secondary N) is 2. The molecule has 0 spiro atoms. The SMILES string of the molecule is COc1cc(N2CCCC[C@H]2C)nc(NC(=S)NCC2(c3ccccc3)CCOCC2)n1. The van der Waals surface area contributed by atoms with Crippen molar-refractivity contribution in [2.24, 2.45) is 0 Å². The number of anilines is 2. The summed E-state index contributed by atoms with van der Waals surface area (Å²) >= 11 is 5.62. The van der Waals surface area contributed by atoms with Crippen LogP contribution in [-0.2, 0) is 10.2 Å². The van der Waals surface area contributed by atoms with Gasteiger partial charge in [0, 0.05) is 43.8 Å². The number of hydrogen-bond donors (Lipinski definition) is 2. The van der Waals surface area contributed by atoms with E-state index in [2.05, 4.69) is 57.8 Å². The predicted molar refractivity (Wildman–Crippen MR) is 132 cm³/mol. The highest BCUT2D eigenvalue weighted by atomic mass is 32.1. The van der Waals surface area contributed by atoms with E-state index in [1.165, 1.54) is 24.8 Å². The molecule has 2 aromatic rings. The van der Waals surface area contributed by atoms with Gasteiger partial charge in [-0.25, -0.2) is 0 Å². The Morgan fingerprint density at radius 2 is 2.00 bits per heavy atom. The smallest absolute Gasteiger partial charge is 0.234 e. The summed E-state index contributed by atoms with van der Waals surface area (Å²) < 4.78 is 11.1. The van der Waals surface area contributed by atoms with E-state index >= 15 is 0 Å². The Labute approximate surface area is 195 Å². The maximum absolute atomic E-state index is 5.64. The molecule has 1 atom stereocenters. The monoisotopic (exact) mass is 455 g/mol. The Morgan fingerprint density at radius 1 is 1.22 bits per heavy atom. The van der Waals surface area contributed by atoms with Gasteiger partial charge in [-0.1, -0.05) is 30.3 Å². The Morgan fingerprint density at radius 3 is 2.72 bits per heavy atom. The summed E-state index contributed by atoms with van der Waals surface area (Å²) in [5.74, 6) is 1.86. The van der Waals surface area contributed by atoms with Crippen LogP contribution in [0.3, 0.4) is 0 Å². The summed E-state index contributed by atoms with van der Waals surface area (Å²) in [6.45, 7) is 5.47.